The lowest BCUT2D eigenvalue weighted by atomic mass is 10.2. The number of rotatable bonds is 5. The van der Waals surface area contributed by atoms with E-state index in [0.717, 1.165) is 0 Å². The van der Waals surface area contributed by atoms with Gasteiger partial charge in [-0.25, -0.2) is 8.42 Å². The van der Waals surface area contributed by atoms with E-state index in [2.05, 4.69) is 5.43 Å². The molecule has 0 aliphatic heterocycles. The van der Waals surface area contributed by atoms with E-state index in [1.165, 1.54) is 19.2 Å². The SMILES string of the molecule is COc1c(C(=O)NNS(=O)(=O)c2ccccc2)oc2ccc(Cl)cc12. The summed E-state index contributed by atoms with van der Waals surface area (Å²) in [5, 5.41) is 0.953. The fourth-order valence-electron chi connectivity index (χ4n) is 2.23. The summed E-state index contributed by atoms with van der Waals surface area (Å²) >= 11 is 5.94. The Kier molecular flexibility index (Phi) is 4.67. The van der Waals surface area contributed by atoms with Crippen molar-refractivity contribution in [1.82, 2.24) is 10.3 Å². The van der Waals surface area contributed by atoms with Crippen LogP contribution in [0.1, 0.15) is 10.6 Å². The monoisotopic (exact) mass is 380 g/mol. The number of nitrogens with one attached hydrogen (secondary N) is 2. The number of hydrogen-bond donors (Lipinski definition) is 2. The number of carbonyl (C=O) groups excluding carboxylic acids is 1. The lowest BCUT2D eigenvalue weighted by molar-refractivity contribution is 0.0915. The highest BCUT2D eigenvalue weighted by Crippen LogP contribution is 2.34. The summed E-state index contributed by atoms with van der Waals surface area (Å²) in [6, 6.07) is 12.4. The van der Waals surface area contributed by atoms with Gasteiger partial charge < -0.3 is 9.15 Å². The van der Waals surface area contributed by atoms with Crippen LogP contribution in [0.5, 0.6) is 5.75 Å². The van der Waals surface area contributed by atoms with Crippen LogP contribution in [0.15, 0.2) is 57.8 Å². The molecule has 2 N–H and O–H groups in total. The van der Waals surface area contributed by atoms with Crippen LogP contribution < -0.4 is 15.0 Å². The molecule has 9 heteroatoms. The van der Waals surface area contributed by atoms with E-state index in [9.17, 15) is 13.2 Å². The number of hydrazine groups is 1. The Hall–Kier alpha value is -2.55. The van der Waals surface area contributed by atoms with Crippen LogP contribution in [0, 0.1) is 0 Å². The smallest absolute Gasteiger partial charge is 0.305 e. The molecule has 2 aromatic carbocycles. The minimum atomic E-state index is -3.91. The Labute approximate surface area is 148 Å². The molecule has 3 rings (SSSR count). The minimum absolute atomic E-state index is 0.0126. The number of hydrogen-bond acceptors (Lipinski definition) is 5. The number of sulfonamides is 1. The number of furan rings is 1. The molecule has 0 saturated heterocycles. The molecule has 130 valence electrons. The van der Waals surface area contributed by atoms with Crippen molar-refractivity contribution in [2.45, 2.75) is 4.90 Å². The lowest BCUT2D eigenvalue weighted by Gasteiger charge is -2.07. The summed E-state index contributed by atoms with van der Waals surface area (Å²) in [4.78, 5) is 14.3. The molecule has 25 heavy (non-hydrogen) atoms. The summed E-state index contributed by atoms with van der Waals surface area (Å²) in [6.07, 6.45) is 0. The number of halogens is 1. The van der Waals surface area contributed by atoms with E-state index in [1.54, 1.807) is 36.4 Å². The second kappa shape index (κ2) is 6.75. The van der Waals surface area contributed by atoms with E-state index in [4.69, 9.17) is 20.8 Å². The topological polar surface area (TPSA) is 97.6 Å². The average molecular weight is 381 g/mol. The fourth-order valence-corrected chi connectivity index (χ4v) is 3.26. The largest absolute Gasteiger partial charge is 0.492 e. The number of fused-ring (bicyclic) bond motifs is 1. The Morgan fingerprint density at radius 1 is 1.16 bits per heavy atom. The number of amides is 1. The highest BCUT2D eigenvalue weighted by atomic mass is 35.5. The molecule has 0 bridgehead atoms. The summed E-state index contributed by atoms with van der Waals surface area (Å²) in [5.74, 6) is -0.812. The third-order valence-electron chi connectivity index (χ3n) is 3.37. The maximum atomic E-state index is 12.3. The molecule has 0 aliphatic carbocycles. The van der Waals surface area contributed by atoms with Gasteiger partial charge in [0.15, 0.2) is 5.75 Å². The van der Waals surface area contributed by atoms with Gasteiger partial charge in [-0.2, -0.15) is 0 Å². The number of benzene rings is 2. The zero-order valence-corrected chi connectivity index (χ0v) is 14.5. The van der Waals surface area contributed by atoms with Gasteiger partial charge in [0.05, 0.1) is 17.4 Å². The lowest BCUT2D eigenvalue weighted by Crippen LogP contribution is -2.41. The first kappa shape index (κ1) is 17.3. The number of methoxy groups -OCH3 is 1. The third kappa shape index (κ3) is 3.46. The van der Waals surface area contributed by atoms with E-state index in [1.807, 2.05) is 4.83 Å². The predicted molar refractivity (Wildman–Crippen MR) is 92.0 cm³/mol. The molecule has 0 unspecified atom stereocenters. The van der Waals surface area contributed by atoms with Crippen LogP contribution in [-0.4, -0.2) is 21.4 Å². The molecule has 7 nitrogen and oxygen atoms in total. The van der Waals surface area contributed by atoms with Crippen LogP contribution >= 0.6 is 11.6 Å². The van der Waals surface area contributed by atoms with E-state index in [-0.39, 0.29) is 16.4 Å². The van der Waals surface area contributed by atoms with Crippen LogP contribution in [0.3, 0.4) is 0 Å². The van der Waals surface area contributed by atoms with Crippen molar-refractivity contribution in [3.8, 4) is 5.75 Å². The molecule has 1 amide bonds. The summed E-state index contributed by atoms with van der Waals surface area (Å²) < 4.78 is 34.9. The van der Waals surface area contributed by atoms with Crippen molar-refractivity contribution in [2.24, 2.45) is 0 Å². The zero-order chi connectivity index (χ0) is 18.0. The quantitative estimate of drug-likeness (QED) is 0.663. The second-order valence-corrected chi connectivity index (χ2v) is 7.10. The molecule has 0 spiro atoms. The van der Waals surface area contributed by atoms with Gasteiger partial charge in [0.2, 0.25) is 5.76 Å². The van der Waals surface area contributed by atoms with Crippen LogP contribution in [0.2, 0.25) is 5.02 Å². The third-order valence-corrected chi connectivity index (χ3v) is 4.87. The van der Waals surface area contributed by atoms with E-state index in [0.29, 0.717) is 16.0 Å². The Morgan fingerprint density at radius 3 is 2.56 bits per heavy atom. The molecule has 1 heterocycles. The van der Waals surface area contributed by atoms with E-state index < -0.39 is 15.9 Å². The first-order valence-corrected chi connectivity index (χ1v) is 8.92. The summed E-state index contributed by atoms with van der Waals surface area (Å²) in [6.45, 7) is 0. The summed E-state index contributed by atoms with van der Waals surface area (Å²) in [7, 11) is -2.53. The Bertz CT molecular complexity index is 1030. The number of ether oxygens (including phenoxy) is 1. The van der Waals surface area contributed by atoms with Crippen molar-refractivity contribution in [3.05, 3.63) is 59.3 Å². The Morgan fingerprint density at radius 2 is 1.88 bits per heavy atom. The normalized spacial score (nSPS) is 11.4. The average Bonchev–Trinajstić information content (AvgIpc) is 2.98. The molecule has 0 aliphatic rings. The van der Waals surface area contributed by atoms with Gasteiger partial charge in [-0.05, 0) is 30.3 Å². The van der Waals surface area contributed by atoms with Gasteiger partial charge in [-0.15, -0.1) is 4.83 Å². The van der Waals surface area contributed by atoms with Gasteiger partial charge in [0.1, 0.15) is 5.58 Å². The minimum Gasteiger partial charge on any atom is -0.492 e. The molecule has 1 aromatic heterocycles. The van der Waals surface area contributed by atoms with Gasteiger partial charge in [0, 0.05) is 5.02 Å². The Balaban J connectivity index is 1.86. The molecular formula is C16H13ClN2O5S. The molecule has 0 saturated carbocycles. The molecule has 0 radical (unpaired) electrons. The van der Waals surface area contributed by atoms with E-state index >= 15 is 0 Å². The van der Waals surface area contributed by atoms with Crippen molar-refractivity contribution in [3.63, 3.8) is 0 Å². The standard InChI is InChI=1S/C16H13ClN2O5S/c1-23-14-12-9-10(17)7-8-13(12)24-15(14)16(20)18-19-25(21,22)11-5-3-2-4-6-11/h2-9,19H,1H3,(H,18,20). The van der Waals surface area contributed by atoms with Gasteiger partial charge in [-0.1, -0.05) is 29.8 Å². The van der Waals surface area contributed by atoms with Crippen molar-refractivity contribution in [2.75, 3.05) is 7.11 Å². The van der Waals surface area contributed by atoms with Crippen molar-refractivity contribution >= 4 is 38.5 Å². The van der Waals surface area contributed by atoms with Crippen molar-refractivity contribution in [1.29, 1.82) is 0 Å². The highest BCUT2D eigenvalue weighted by molar-refractivity contribution is 7.89. The maximum absolute atomic E-state index is 12.3. The first-order chi connectivity index (χ1) is 11.9. The maximum Gasteiger partial charge on any atom is 0.305 e. The zero-order valence-electron chi connectivity index (χ0n) is 12.9. The second-order valence-electron chi connectivity index (χ2n) is 4.98. The highest BCUT2D eigenvalue weighted by Gasteiger charge is 2.23. The van der Waals surface area contributed by atoms with Gasteiger partial charge in [-0.3, -0.25) is 10.2 Å². The fraction of sp³-hybridized carbons (Fsp3) is 0.0625. The van der Waals surface area contributed by atoms with Crippen LogP contribution in [0.25, 0.3) is 11.0 Å². The molecule has 3 aromatic rings. The summed E-state index contributed by atoms with van der Waals surface area (Å²) in [5.41, 5.74) is 2.49. The molecule has 0 atom stereocenters. The van der Waals surface area contributed by atoms with Crippen LogP contribution in [-0.2, 0) is 10.0 Å². The first-order valence-electron chi connectivity index (χ1n) is 7.05. The van der Waals surface area contributed by atoms with Crippen molar-refractivity contribution < 1.29 is 22.4 Å². The van der Waals surface area contributed by atoms with Crippen LogP contribution in [0.4, 0.5) is 0 Å². The van der Waals surface area contributed by atoms with Gasteiger partial charge in [0.25, 0.3) is 10.0 Å². The molecule has 0 fully saturated rings. The van der Waals surface area contributed by atoms with Gasteiger partial charge >= 0.3 is 5.91 Å². The molecular weight excluding hydrogens is 368 g/mol. The number of carbonyl (C=O) groups is 1. The predicted octanol–water partition coefficient (Wildman–Crippen LogP) is 2.72.